The molecule has 2 aromatic heterocycles. The van der Waals surface area contributed by atoms with Crippen LogP contribution in [0.3, 0.4) is 0 Å². The standard InChI is InChI=1S/C14H11FN2O2S/c15-12-5-11(6-16-7-12)14(19)17-8-13-4-10(9-20-13)2-1-3-18/h4-7,9,18H,3,8H2,(H,17,19). The van der Waals surface area contributed by atoms with Crippen LogP contribution in [0, 0.1) is 17.7 Å². The van der Waals surface area contributed by atoms with Gasteiger partial charge in [-0.3, -0.25) is 9.78 Å². The van der Waals surface area contributed by atoms with E-state index in [0.29, 0.717) is 6.54 Å². The van der Waals surface area contributed by atoms with Gasteiger partial charge in [0.05, 0.1) is 18.3 Å². The fraction of sp³-hybridized carbons (Fsp3) is 0.143. The summed E-state index contributed by atoms with van der Waals surface area (Å²) in [6.45, 7) is 0.148. The lowest BCUT2D eigenvalue weighted by atomic mass is 10.2. The van der Waals surface area contributed by atoms with Crippen molar-refractivity contribution >= 4 is 17.2 Å². The number of thiophene rings is 1. The number of nitrogens with zero attached hydrogens (tertiary/aromatic N) is 1. The highest BCUT2D eigenvalue weighted by Gasteiger charge is 2.07. The molecule has 0 bridgehead atoms. The van der Waals surface area contributed by atoms with Crippen molar-refractivity contribution in [3.8, 4) is 11.8 Å². The topological polar surface area (TPSA) is 62.2 Å². The molecule has 0 spiro atoms. The maximum Gasteiger partial charge on any atom is 0.253 e. The zero-order valence-corrected chi connectivity index (χ0v) is 11.2. The van der Waals surface area contributed by atoms with Gasteiger partial charge in [-0.1, -0.05) is 11.8 Å². The number of aliphatic hydroxyl groups is 1. The third-order valence-corrected chi connectivity index (χ3v) is 3.29. The third kappa shape index (κ3) is 3.88. The Labute approximate surface area is 119 Å². The van der Waals surface area contributed by atoms with Crippen LogP contribution in [0.1, 0.15) is 20.8 Å². The highest BCUT2D eigenvalue weighted by atomic mass is 32.1. The van der Waals surface area contributed by atoms with E-state index in [2.05, 4.69) is 22.1 Å². The number of carbonyl (C=O) groups is 1. The summed E-state index contributed by atoms with van der Waals surface area (Å²) in [5.41, 5.74) is 0.975. The minimum Gasteiger partial charge on any atom is -0.384 e. The number of aromatic nitrogens is 1. The maximum absolute atomic E-state index is 12.9. The zero-order valence-electron chi connectivity index (χ0n) is 10.4. The molecule has 1 amide bonds. The summed E-state index contributed by atoms with van der Waals surface area (Å²) in [7, 11) is 0. The van der Waals surface area contributed by atoms with Crippen LogP contribution >= 0.6 is 11.3 Å². The molecule has 6 heteroatoms. The lowest BCUT2D eigenvalue weighted by Crippen LogP contribution is -2.22. The zero-order chi connectivity index (χ0) is 14.4. The molecule has 0 aliphatic rings. The van der Waals surface area contributed by atoms with Gasteiger partial charge in [0.15, 0.2) is 0 Å². The molecule has 2 aromatic rings. The Morgan fingerprint density at radius 2 is 2.30 bits per heavy atom. The molecule has 102 valence electrons. The fourth-order valence-corrected chi connectivity index (χ4v) is 2.24. The molecule has 20 heavy (non-hydrogen) atoms. The predicted octanol–water partition coefficient (Wildman–Crippen LogP) is 1.56. The van der Waals surface area contributed by atoms with Crippen LogP contribution in [0.5, 0.6) is 0 Å². The van der Waals surface area contributed by atoms with Gasteiger partial charge in [0.25, 0.3) is 5.91 Å². The average Bonchev–Trinajstić information content (AvgIpc) is 2.90. The summed E-state index contributed by atoms with van der Waals surface area (Å²) in [4.78, 5) is 16.3. The molecule has 0 atom stereocenters. The minimum atomic E-state index is -0.546. The first-order chi connectivity index (χ1) is 9.69. The number of aliphatic hydroxyl groups excluding tert-OH is 1. The first kappa shape index (κ1) is 14.2. The number of pyridine rings is 1. The molecule has 0 saturated carbocycles. The molecule has 0 aliphatic carbocycles. The van der Waals surface area contributed by atoms with E-state index in [-0.39, 0.29) is 18.1 Å². The number of amides is 1. The average molecular weight is 290 g/mol. The van der Waals surface area contributed by atoms with Crippen molar-refractivity contribution in [3.63, 3.8) is 0 Å². The van der Waals surface area contributed by atoms with E-state index in [0.717, 1.165) is 22.7 Å². The number of hydrogen-bond donors (Lipinski definition) is 2. The first-order valence-electron chi connectivity index (χ1n) is 5.75. The van der Waals surface area contributed by atoms with Crippen LogP contribution in [0.15, 0.2) is 29.9 Å². The van der Waals surface area contributed by atoms with Crippen molar-refractivity contribution in [1.82, 2.24) is 10.3 Å². The van der Waals surface area contributed by atoms with Gasteiger partial charge in [-0.15, -0.1) is 11.3 Å². The molecule has 0 saturated heterocycles. The van der Waals surface area contributed by atoms with Crippen LogP contribution in [-0.2, 0) is 6.54 Å². The molecule has 0 fully saturated rings. The predicted molar refractivity (Wildman–Crippen MR) is 73.6 cm³/mol. The number of hydrogen-bond acceptors (Lipinski definition) is 4. The van der Waals surface area contributed by atoms with Crippen LogP contribution < -0.4 is 5.32 Å². The Morgan fingerprint density at radius 1 is 1.45 bits per heavy atom. The van der Waals surface area contributed by atoms with Gasteiger partial charge in [0.2, 0.25) is 0 Å². The van der Waals surface area contributed by atoms with E-state index in [1.165, 1.54) is 17.5 Å². The molecule has 2 rings (SSSR count). The van der Waals surface area contributed by atoms with E-state index in [9.17, 15) is 9.18 Å². The van der Waals surface area contributed by atoms with Gasteiger partial charge < -0.3 is 10.4 Å². The molecular formula is C14H11FN2O2S. The second-order valence-corrected chi connectivity index (χ2v) is 4.83. The van der Waals surface area contributed by atoms with Crippen molar-refractivity contribution < 1.29 is 14.3 Å². The van der Waals surface area contributed by atoms with Gasteiger partial charge in [-0.05, 0) is 12.1 Å². The van der Waals surface area contributed by atoms with Gasteiger partial charge >= 0.3 is 0 Å². The second-order valence-electron chi connectivity index (χ2n) is 3.84. The Morgan fingerprint density at radius 3 is 3.05 bits per heavy atom. The van der Waals surface area contributed by atoms with Crippen LogP contribution in [0.4, 0.5) is 4.39 Å². The minimum absolute atomic E-state index is 0.182. The van der Waals surface area contributed by atoms with Crippen molar-refractivity contribution in [2.75, 3.05) is 6.61 Å². The van der Waals surface area contributed by atoms with Crippen molar-refractivity contribution in [1.29, 1.82) is 0 Å². The quantitative estimate of drug-likeness (QED) is 0.843. The molecule has 2 heterocycles. The lowest BCUT2D eigenvalue weighted by molar-refractivity contribution is 0.0950. The Hall–Kier alpha value is -2.23. The van der Waals surface area contributed by atoms with E-state index < -0.39 is 5.82 Å². The highest BCUT2D eigenvalue weighted by molar-refractivity contribution is 7.10. The molecule has 0 unspecified atom stereocenters. The molecular weight excluding hydrogens is 279 g/mol. The molecule has 4 nitrogen and oxygen atoms in total. The molecule has 0 aromatic carbocycles. The maximum atomic E-state index is 12.9. The highest BCUT2D eigenvalue weighted by Crippen LogP contribution is 2.13. The molecule has 0 radical (unpaired) electrons. The Balaban J connectivity index is 1.95. The second kappa shape index (κ2) is 6.80. The van der Waals surface area contributed by atoms with E-state index in [4.69, 9.17) is 5.11 Å². The number of rotatable bonds is 3. The summed E-state index contributed by atoms with van der Waals surface area (Å²) in [6.07, 6.45) is 2.35. The summed E-state index contributed by atoms with van der Waals surface area (Å²) < 4.78 is 12.9. The van der Waals surface area contributed by atoms with Crippen LogP contribution in [0.25, 0.3) is 0 Å². The Bertz CT molecular complexity index is 673. The Kier molecular flexibility index (Phi) is 4.82. The summed E-state index contributed by atoms with van der Waals surface area (Å²) >= 11 is 1.45. The SMILES string of the molecule is O=C(NCc1cc(C#CCO)cs1)c1cncc(F)c1. The lowest BCUT2D eigenvalue weighted by Gasteiger charge is -2.02. The summed E-state index contributed by atoms with van der Waals surface area (Å²) in [5.74, 6) is 4.40. The first-order valence-corrected chi connectivity index (χ1v) is 6.63. The van der Waals surface area contributed by atoms with Crippen molar-refractivity contribution in [2.45, 2.75) is 6.54 Å². The van der Waals surface area contributed by atoms with Gasteiger partial charge in [-0.25, -0.2) is 4.39 Å². The van der Waals surface area contributed by atoms with Gasteiger partial charge in [-0.2, -0.15) is 0 Å². The number of halogens is 1. The summed E-state index contributed by atoms with van der Waals surface area (Å²) in [6, 6.07) is 2.96. The third-order valence-electron chi connectivity index (χ3n) is 2.36. The fourth-order valence-electron chi connectivity index (χ4n) is 1.49. The van der Waals surface area contributed by atoms with Crippen molar-refractivity contribution in [2.24, 2.45) is 0 Å². The van der Waals surface area contributed by atoms with E-state index in [1.807, 2.05) is 11.4 Å². The van der Waals surface area contributed by atoms with Crippen molar-refractivity contribution in [3.05, 3.63) is 51.7 Å². The smallest absolute Gasteiger partial charge is 0.253 e. The van der Waals surface area contributed by atoms with Crippen LogP contribution in [-0.4, -0.2) is 22.6 Å². The number of nitrogens with one attached hydrogen (secondary N) is 1. The monoisotopic (exact) mass is 290 g/mol. The van der Waals surface area contributed by atoms with Gasteiger partial charge in [0.1, 0.15) is 12.4 Å². The molecule has 0 aliphatic heterocycles. The molecule has 2 N–H and O–H groups in total. The van der Waals surface area contributed by atoms with E-state index >= 15 is 0 Å². The normalized spacial score (nSPS) is 9.70. The van der Waals surface area contributed by atoms with Gasteiger partial charge in [0, 0.05) is 22.0 Å². The van der Waals surface area contributed by atoms with Crippen LogP contribution in [0.2, 0.25) is 0 Å². The number of carbonyl (C=O) groups excluding carboxylic acids is 1. The largest absolute Gasteiger partial charge is 0.384 e. The summed E-state index contributed by atoms with van der Waals surface area (Å²) in [5, 5.41) is 13.1. The van der Waals surface area contributed by atoms with E-state index in [1.54, 1.807) is 0 Å².